The molecule has 0 radical (unpaired) electrons. The summed E-state index contributed by atoms with van der Waals surface area (Å²) in [7, 11) is 0. The summed E-state index contributed by atoms with van der Waals surface area (Å²) >= 11 is 0. The van der Waals surface area contributed by atoms with Crippen molar-refractivity contribution in [1.29, 1.82) is 0 Å². The second-order valence-electron chi connectivity index (χ2n) is 10.5. The van der Waals surface area contributed by atoms with Crippen LogP contribution in [0, 0.1) is 5.92 Å². The van der Waals surface area contributed by atoms with Crippen LogP contribution in [0.15, 0.2) is 36.7 Å². The van der Waals surface area contributed by atoms with E-state index in [1.54, 1.807) is 39.7 Å². The van der Waals surface area contributed by atoms with Crippen molar-refractivity contribution < 1.29 is 22.8 Å². The van der Waals surface area contributed by atoms with Crippen LogP contribution in [0.4, 0.5) is 19.0 Å². The average molecular weight is 530 g/mol. The molecular formula is C26H30F3N7O2. The summed E-state index contributed by atoms with van der Waals surface area (Å²) in [5, 5.41) is 7.03. The van der Waals surface area contributed by atoms with E-state index in [1.807, 2.05) is 13.8 Å². The predicted molar refractivity (Wildman–Crippen MR) is 135 cm³/mol. The van der Waals surface area contributed by atoms with Gasteiger partial charge in [0.15, 0.2) is 5.82 Å². The van der Waals surface area contributed by atoms with E-state index in [4.69, 9.17) is 5.73 Å². The molecule has 0 unspecified atom stereocenters. The lowest BCUT2D eigenvalue weighted by Gasteiger charge is -2.38. The number of amides is 2. The molecule has 2 aliphatic heterocycles. The molecule has 2 saturated heterocycles. The van der Waals surface area contributed by atoms with Crippen LogP contribution in [0.2, 0.25) is 0 Å². The summed E-state index contributed by atoms with van der Waals surface area (Å²) < 4.78 is 43.0. The maximum Gasteiger partial charge on any atom is 0.272 e. The fourth-order valence-corrected chi connectivity index (χ4v) is 5.09. The second kappa shape index (κ2) is 9.90. The van der Waals surface area contributed by atoms with Crippen LogP contribution in [-0.2, 0) is 11.3 Å². The van der Waals surface area contributed by atoms with Crippen LogP contribution in [0.5, 0.6) is 0 Å². The van der Waals surface area contributed by atoms with Gasteiger partial charge in [-0.3, -0.25) is 14.5 Å². The van der Waals surface area contributed by atoms with Crippen LogP contribution < -0.4 is 11.1 Å². The van der Waals surface area contributed by atoms with Gasteiger partial charge < -0.3 is 16.0 Å². The Morgan fingerprint density at radius 1 is 1.21 bits per heavy atom. The molecule has 2 atom stereocenters. The Balaban J connectivity index is 1.36. The van der Waals surface area contributed by atoms with E-state index in [0.29, 0.717) is 34.3 Å². The third kappa shape index (κ3) is 5.17. The molecule has 0 spiro atoms. The molecule has 0 bridgehead atoms. The van der Waals surface area contributed by atoms with Crippen molar-refractivity contribution in [2.75, 3.05) is 31.9 Å². The number of anilines is 1. The molecular weight excluding hydrogens is 499 g/mol. The highest BCUT2D eigenvalue weighted by molar-refractivity contribution is 5.96. The van der Waals surface area contributed by atoms with Gasteiger partial charge in [-0.25, -0.2) is 22.7 Å². The Morgan fingerprint density at radius 3 is 2.68 bits per heavy atom. The summed E-state index contributed by atoms with van der Waals surface area (Å²) in [4.78, 5) is 32.5. The maximum atomic E-state index is 14.7. The van der Waals surface area contributed by atoms with Gasteiger partial charge in [0, 0.05) is 30.6 Å². The molecule has 38 heavy (non-hydrogen) atoms. The topological polar surface area (TPSA) is 109 Å². The minimum atomic E-state index is -2.70. The Hall–Kier alpha value is -3.67. The summed E-state index contributed by atoms with van der Waals surface area (Å²) in [6, 6.07) is 7.76. The maximum absolute atomic E-state index is 14.7. The first-order valence-electron chi connectivity index (χ1n) is 12.5. The zero-order valence-corrected chi connectivity index (χ0v) is 21.2. The molecule has 3 aromatic rings. The van der Waals surface area contributed by atoms with Gasteiger partial charge in [-0.15, -0.1) is 0 Å². The van der Waals surface area contributed by atoms with E-state index in [-0.39, 0.29) is 50.4 Å². The number of likely N-dealkylation sites (tertiary alicyclic amines) is 2. The number of nitrogens with zero attached hydrogens (tertiary/aromatic N) is 5. The van der Waals surface area contributed by atoms with Gasteiger partial charge >= 0.3 is 0 Å². The number of rotatable bonds is 7. The first-order chi connectivity index (χ1) is 18.0. The number of benzene rings is 1. The molecule has 4 heterocycles. The Labute approximate surface area is 217 Å². The highest BCUT2D eigenvalue weighted by Gasteiger charge is 2.44. The smallest absolute Gasteiger partial charge is 0.272 e. The molecule has 1 aromatic carbocycles. The first kappa shape index (κ1) is 26.0. The number of alkyl halides is 3. The zero-order valence-electron chi connectivity index (χ0n) is 21.2. The van der Waals surface area contributed by atoms with E-state index in [1.165, 1.54) is 11.2 Å². The zero-order chi connectivity index (χ0) is 27.2. The number of hydrogen-bond acceptors (Lipinski definition) is 6. The van der Waals surface area contributed by atoms with Crippen LogP contribution in [-0.4, -0.2) is 80.5 Å². The number of carbonyl (C=O) groups excluding carboxylic acids is 2. The number of hydrogen-bond donors (Lipinski definition) is 2. The van der Waals surface area contributed by atoms with Crippen LogP contribution in [0.25, 0.3) is 16.8 Å². The number of carbonyl (C=O) groups is 2. The SMILES string of the molecule is CC(C)CC(=O)N1C[C@H](F)[C@H](NC(=O)c2cccc(-c3cc(CN4CC(F)(F)C4)c4c(N)ncnn34)c2)C1. The number of halogens is 3. The molecule has 2 aromatic heterocycles. The fraction of sp³-hybridized carbons (Fsp3) is 0.462. The number of fused-ring (bicyclic) bond motifs is 1. The second-order valence-corrected chi connectivity index (χ2v) is 10.5. The third-order valence-electron chi connectivity index (χ3n) is 6.89. The molecule has 2 fully saturated rings. The van der Waals surface area contributed by atoms with Crippen molar-refractivity contribution in [3.63, 3.8) is 0 Å². The van der Waals surface area contributed by atoms with Gasteiger partial charge in [0.25, 0.3) is 11.8 Å². The molecule has 0 saturated carbocycles. The van der Waals surface area contributed by atoms with Gasteiger partial charge in [-0.2, -0.15) is 5.10 Å². The lowest BCUT2D eigenvalue weighted by atomic mass is 10.1. The van der Waals surface area contributed by atoms with Gasteiger partial charge in [0.05, 0.1) is 31.4 Å². The quantitative estimate of drug-likeness (QED) is 0.487. The van der Waals surface area contributed by atoms with Gasteiger partial charge in [0.1, 0.15) is 18.0 Å². The number of aromatic nitrogens is 3. The third-order valence-corrected chi connectivity index (χ3v) is 6.89. The Morgan fingerprint density at radius 2 is 1.97 bits per heavy atom. The first-order valence-corrected chi connectivity index (χ1v) is 12.5. The summed E-state index contributed by atoms with van der Waals surface area (Å²) in [5.74, 6) is -2.90. The van der Waals surface area contributed by atoms with E-state index >= 15 is 0 Å². The summed E-state index contributed by atoms with van der Waals surface area (Å²) in [6.45, 7) is 3.52. The van der Waals surface area contributed by atoms with Gasteiger partial charge in [0.2, 0.25) is 5.91 Å². The minimum Gasteiger partial charge on any atom is -0.382 e. The Bertz CT molecular complexity index is 1370. The molecule has 0 aliphatic carbocycles. The molecule has 9 nitrogen and oxygen atoms in total. The van der Waals surface area contributed by atoms with Crippen molar-refractivity contribution >= 4 is 23.1 Å². The van der Waals surface area contributed by atoms with E-state index in [0.717, 1.165) is 0 Å². The highest BCUT2D eigenvalue weighted by atomic mass is 19.3. The van der Waals surface area contributed by atoms with Crippen LogP contribution >= 0.6 is 0 Å². The van der Waals surface area contributed by atoms with Crippen molar-refractivity contribution in [2.24, 2.45) is 5.92 Å². The highest BCUT2D eigenvalue weighted by Crippen LogP contribution is 2.33. The van der Waals surface area contributed by atoms with Crippen molar-refractivity contribution in [1.82, 2.24) is 29.7 Å². The minimum absolute atomic E-state index is 0.0421. The monoisotopic (exact) mass is 529 g/mol. The number of nitrogen functional groups attached to an aromatic ring is 1. The predicted octanol–water partition coefficient (Wildman–Crippen LogP) is 2.75. The summed E-state index contributed by atoms with van der Waals surface area (Å²) in [5.41, 5.74) is 8.89. The van der Waals surface area contributed by atoms with Crippen molar-refractivity contribution in [3.8, 4) is 11.3 Å². The van der Waals surface area contributed by atoms with E-state index in [9.17, 15) is 22.8 Å². The van der Waals surface area contributed by atoms with E-state index < -0.39 is 24.0 Å². The van der Waals surface area contributed by atoms with Crippen LogP contribution in [0.1, 0.15) is 36.2 Å². The van der Waals surface area contributed by atoms with Gasteiger partial charge in [-0.1, -0.05) is 26.0 Å². The normalized spacial score (nSPS) is 21.2. The molecule has 2 aliphatic rings. The number of nitrogens with one attached hydrogen (secondary N) is 1. The Kier molecular flexibility index (Phi) is 6.76. The fourth-order valence-electron chi connectivity index (χ4n) is 5.09. The molecule has 3 N–H and O–H groups in total. The molecule has 202 valence electrons. The van der Waals surface area contributed by atoms with Crippen LogP contribution in [0.3, 0.4) is 0 Å². The molecule has 12 heteroatoms. The van der Waals surface area contributed by atoms with Crippen molar-refractivity contribution in [3.05, 3.63) is 47.8 Å². The largest absolute Gasteiger partial charge is 0.382 e. The van der Waals surface area contributed by atoms with E-state index in [2.05, 4.69) is 15.4 Å². The lowest BCUT2D eigenvalue weighted by molar-refractivity contribution is -0.133. The summed E-state index contributed by atoms with van der Waals surface area (Å²) in [6.07, 6.45) is 0.276. The van der Waals surface area contributed by atoms with Gasteiger partial charge in [-0.05, 0) is 29.7 Å². The lowest BCUT2D eigenvalue weighted by Crippen LogP contribution is -2.55. The molecule has 2 amide bonds. The standard InChI is InChI=1S/C26H30F3N7O2/c1-15(2)6-22(37)35-10-19(27)20(11-35)33-25(38)17-5-3-4-16(7-17)21-8-18(9-34-12-26(28,29)13-34)23-24(30)31-14-32-36(21)23/h3-5,7-8,14-15,19-20H,6,9-13H2,1-2H3,(H,33,38)(H2,30,31,32)/t19-,20+/m0/s1. The average Bonchev–Trinajstić information content (AvgIpc) is 3.39. The molecule has 5 rings (SSSR count). The van der Waals surface area contributed by atoms with Crippen molar-refractivity contribution in [2.45, 2.75) is 44.9 Å². The number of nitrogens with two attached hydrogens (primary N) is 1.